The number of hydrogen-bond acceptors (Lipinski definition) is 0. The Labute approximate surface area is 318 Å². The fourth-order valence-electron chi connectivity index (χ4n) is 64.0. The minimum atomic E-state index is 1.10. The van der Waals surface area contributed by atoms with Gasteiger partial charge in [0.05, 0.1) is 0 Å². The fourth-order valence-corrected chi connectivity index (χ4v) is 64.0. The quantitative estimate of drug-likeness (QED) is 0.345. The predicted octanol–water partition coefficient (Wildman–Crippen LogP) is 4.66. The van der Waals surface area contributed by atoms with Crippen LogP contribution in [0.5, 0.6) is 0 Å². The molecular formula is C56H32. The molecule has 41 fully saturated rings. The van der Waals surface area contributed by atoms with Gasteiger partial charge in [0.2, 0.25) is 0 Å². The first-order chi connectivity index (χ1) is 27.9. The van der Waals surface area contributed by atoms with Crippen LogP contribution in [0, 0.1) is 287 Å². The molecule has 41 aliphatic carbocycles. The summed E-state index contributed by atoms with van der Waals surface area (Å²) in [6.45, 7) is 0. The molecule has 0 nitrogen and oxygen atoms in total. The van der Waals surface area contributed by atoms with Crippen LogP contribution in [-0.4, -0.2) is 0 Å². The van der Waals surface area contributed by atoms with Gasteiger partial charge in [0.15, 0.2) is 0 Å². The largest absolute Gasteiger partial charge is 0.0495 e. The second-order valence-corrected chi connectivity index (χ2v) is 36.5. The molecule has 0 amide bonds. The van der Waals surface area contributed by atoms with Crippen LogP contribution in [0.2, 0.25) is 0 Å². The van der Waals surface area contributed by atoms with Gasteiger partial charge in [-0.3, -0.25) is 0 Å². The Bertz CT molecular complexity index is 3640. The van der Waals surface area contributed by atoms with Gasteiger partial charge in [0.1, 0.15) is 0 Å². The lowest BCUT2D eigenvalue weighted by atomic mass is 8.29. The highest BCUT2D eigenvalue weighted by Gasteiger charge is 3.75. The summed E-state index contributed by atoms with van der Waals surface area (Å²) in [5, 5.41) is 0. The molecule has 0 aromatic carbocycles. The third-order valence-corrected chi connectivity index (χ3v) is 49.4. The second-order valence-electron chi connectivity index (χ2n) is 36.5. The maximum Gasteiger partial charge on any atom is -0.0000376 e. The highest BCUT2D eigenvalue weighted by Crippen LogP contribution is 3.76. The summed E-state index contributed by atoms with van der Waals surface area (Å²) in [5.74, 6) is 30.9. The number of fused-ring (bicyclic) bond motifs is 17. The van der Waals surface area contributed by atoms with Gasteiger partial charge in [-0.1, -0.05) is 0 Å². The van der Waals surface area contributed by atoms with E-state index in [9.17, 15) is 0 Å². The van der Waals surface area contributed by atoms with Crippen molar-refractivity contribution >= 4 is 0 Å². The van der Waals surface area contributed by atoms with Gasteiger partial charge >= 0.3 is 0 Å². The van der Waals surface area contributed by atoms with Crippen LogP contribution in [-0.2, 0) is 0 Å². The van der Waals surface area contributed by atoms with E-state index in [0.717, 1.165) is 157 Å². The Hall–Kier alpha value is 0. The van der Waals surface area contributed by atoms with E-state index in [1.54, 1.807) is 0 Å². The zero-order valence-electron chi connectivity index (χ0n) is 30.7. The molecule has 41 aliphatic rings. The third-order valence-electron chi connectivity index (χ3n) is 49.4. The zero-order chi connectivity index (χ0) is 30.7. The standard InChI is InChI=1S/C56H32/c1-2-7-15-16-8-3-11-20-25-26-21-13-5-10-18-23-17-9-4-12-19-24-22-14-6(1)27-31(7)39(15)33(16)28(8,11)37(20)43(25)44(26)38(21)30(10,13)35(18)41(23)34(17)29(9,12)36(19)42(24)40(22)32(14,27)45(31)49(39)46(33,37)53(43)54(44)48(35,38)51(41)47(34,36)52(42)50(40,45)55(49,53)56(51,52)54/h6-27H,1-5H2. The minimum absolute atomic E-state index is 1.10. The molecule has 0 saturated heterocycles. The normalized spacial score (nSPS) is 144. The lowest BCUT2D eigenvalue weighted by Gasteiger charge is -3.72. The van der Waals surface area contributed by atoms with Crippen molar-refractivity contribution in [3.8, 4) is 0 Å². The van der Waals surface area contributed by atoms with E-state index < -0.39 is 0 Å². The highest BCUT2D eigenvalue weighted by atomic mass is 15.8. The number of rotatable bonds is 0. The van der Waals surface area contributed by atoms with Crippen LogP contribution in [0.1, 0.15) is 32.1 Å². The van der Waals surface area contributed by atoms with Crippen LogP contribution >= 0.6 is 0 Å². The molecule has 56 heavy (non-hydrogen) atoms. The Morgan fingerprint density at radius 2 is 0.554 bits per heavy atom. The highest BCUT2D eigenvalue weighted by molar-refractivity contribution is 6.19. The molecule has 0 aromatic heterocycles. The first kappa shape index (κ1) is 18.4. The third kappa shape index (κ3) is 0.366. The van der Waals surface area contributed by atoms with Gasteiger partial charge in [-0.25, -0.2) is 0 Å². The molecule has 0 heterocycles. The maximum absolute atomic E-state index is 1.87. The van der Waals surface area contributed by atoms with Gasteiger partial charge in [-0.15, -0.1) is 0 Å². The summed E-state index contributed by atoms with van der Waals surface area (Å²) in [6.07, 6.45) is 9.28. The zero-order valence-corrected chi connectivity index (χ0v) is 30.7. The van der Waals surface area contributed by atoms with Crippen molar-refractivity contribution in [2.75, 3.05) is 0 Å². The fraction of sp³-hybridized carbons (Fsp3) is 1.00. The van der Waals surface area contributed by atoms with Crippen LogP contribution in [0.15, 0.2) is 0 Å². The molecule has 0 heteroatoms. The molecule has 0 bridgehead atoms. The van der Waals surface area contributed by atoms with E-state index >= 15 is 0 Å². The van der Waals surface area contributed by atoms with Gasteiger partial charge in [0, 0.05) is 0 Å². The molecule has 41 rings (SSSR count). The molecule has 29 spiro atoms. The second kappa shape index (κ2) is 2.67. The van der Waals surface area contributed by atoms with Crippen LogP contribution in [0.3, 0.4) is 0 Å². The van der Waals surface area contributed by atoms with E-state index in [1.807, 2.05) is 32.1 Å². The van der Waals surface area contributed by atoms with Crippen molar-refractivity contribution in [1.29, 1.82) is 0 Å². The summed E-state index contributed by atoms with van der Waals surface area (Å²) in [7, 11) is 0. The van der Waals surface area contributed by atoms with Gasteiger partial charge in [-0.05, 0) is 319 Å². The summed E-state index contributed by atoms with van der Waals surface area (Å²) >= 11 is 0. The Balaban J connectivity index is 0.835. The van der Waals surface area contributed by atoms with Crippen molar-refractivity contribution in [3.63, 3.8) is 0 Å². The monoisotopic (exact) mass is 704 g/mol. The molecule has 41 saturated carbocycles. The van der Waals surface area contributed by atoms with Crippen LogP contribution in [0.4, 0.5) is 0 Å². The van der Waals surface area contributed by atoms with E-state index in [2.05, 4.69) is 0 Å². The van der Waals surface area contributed by atoms with E-state index in [-0.39, 0.29) is 0 Å². The topological polar surface area (TPSA) is 0 Å². The van der Waals surface area contributed by atoms with E-state index in [0.29, 0.717) is 0 Å². The molecule has 51 unspecified atom stereocenters. The lowest BCUT2D eigenvalue weighted by Crippen LogP contribution is -3.72. The van der Waals surface area contributed by atoms with Crippen molar-refractivity contribution in [2.45, 2.75) is 32.1 Å². The van der Waals surface area contributed by atoms with E-state index in [1.165, 1.54) is 130 Å². The molecule has 0 N–H and O–H groups in total. The van der Waals surface area contributed by atoms with Crippen molar-refractivity contribution < 1.29 is 0 Å². The maximum atomic E-state index is 1.87. The van der Waals surface area contributed by atoms with Gasteiger partial charge in [-0.2, -0.15) is 0 Å². The average molecular weight is 705 g/mol. The van der Waals surface area contributed by atoms with Gasteiger partial charge in [0.25, 0.3) is 0 Å². The molecule has 0 radical (unpaired) electrons. The summed E-state index contributed by atoms with van der Waals surface area (Å²) in [4.78, 5) is 0. The average Bonchev–Trinajstić information content (AvgIpc) is 3.05. The molecular weight excluding hydrogens is 673 g/mol. The first-order valence-corrected chi connectivity index (χ1v) is 27.9. The smallest absolute Gasteiger partial charge is 0.0000376 e. The Kier molecular flexibility index (Phi) is 0.877. The summed E-state index contributed by atoms with van der Waals surface area (Å²) in [5.41, 5.74) is 32.9. The molecule has 51 atom stereocenters. The number of hydrogen-bond donors (Lipinski definition) is 0. The van der Waals surface area contributed by atoms with Crippen molar-refractivity contribution in [2.24, 2.45) is 287 Å². The minimum Gasteiger partial charge on any atom is -0.0495 e. The van der Waals surface area contributed by atoms with Crippen LogP contribution < -0.4 is 0 Å². The summed E-state index contributed by atoms with van der Waals surface area (Å²) < 4.78 is 0. The summed E-state index contributed by atoms with van der Waals surface area (Å²) in [6, 6.07) is 0. The SMILES string of the molecule is C1CC2C3C4C5CC6C7C8C9C%10C%11CC%12C%13C%14C%15C%16CC%17C%18C%19C%20C%21C1C1C2%22C32C43C56C74C85C96C%107C%12%11C%138C%149C%15%10C%16%17C%18%11C%19%12C%20%13C%211C%221C2%14C34C52C63C87C94C%10%11C%125C%131C%142C453. The molecule has 0 aromatic rings. The Morgan fingerprint density at radius 1 is 0.214 bits per heavy atom. The predicted molar refractivity (Wildman–Crippen MR) is 170 cm³/mol. The van der Waals surface area contributed by atoms with Crippen molar-refractivity contribution in [1.82, 2.24) is 0 Å². The molecule has 256 valence electrons. The van der Waals surface area contributed by atoms with Crippen molar-refractivity contribution in [3.05, 3.63) is 0 Å². The van der Waals surface area contributed by atoms with Crippen LogP contribution in [0.25, 0.3) is 0 Å². The molecule has 0 aliphatic heterocycles. The lowest BCUT2D eigenvalue weighted by molar-refractivity contribution is -1.28. The van der Waals surface area contributed by atoms with Gasteiger partial charge < -0.3 is 0 Å². The Morgan fingerprint density at radius 3 is 1.09 bits per heavy atom. The van der Waals surface area contributed by atoms with E-state index in [4.69, 9.17) is 0 Å². The first-order valence-electron chi connectivity index (χ1n) is 27.9.